The highest BCUT2D eigenvalue weighted by molar-refractivity contribution is 6.10. The summed E-state index contributed by atoms with van der Waals surface area (Å²) in [5.74, 6) is -1.04. The van der Waals surface area contributed by atoms with E-state index >= 15 is 0 Å². The molecule has 19 heavy (non-hydrogen) atoms. The Hall–Kier alpha value is -2.40. The Balaban J connectivity index is 2.46. The Morgan fingerprint density at radius 2 is 2.16 bits per heavy atom. The van der Waals surface area contributed by atoms with E-state index in [9.17, 15) is 9.90 Å². The number of methoxy groups -OCH3 is 1. The molecule has 3 rings (SSSR count). The molecule has 3 aromatic rings. The second-order valence-electron chi connectivity index (χ2n) is 4.28. The molecule has 0 bridgehead atoms. The molecule has 0 unspecified atom stereocenters. The van der Waals surface area contributed by atoms with Crippen LogP contribution in [-0.4, -0.2) is 28.2 Å². The van der Waals surface area contributed by atoms with E-state index in [1.807, 2.05) is 24.3 Å². The molecule has 1 aromatic carbocycles. The SMILES string of the molecule is COCc1c(C(=O)O)ncc2[nH]c3ccccc3c12. The van der Waals surface area contributed by atoms with Crippen LogP contribution in [0.2, 0.25) is 0 Å². The molecule has 2 N–H and O–H groups in total. The van der Waals surface area contributed by atoms with Gasteiger partial charge in [0.25, 0.3) is 0 Å². The van der Waals surface area contributed by atoms with Gasteiger partial charge in [-0.05, 0) is 6.07 Å². The number of benzene rings is 1. The lowest BCUT2D eigenvalue weighted by Crippen LogP contribution is -2.06. The van der Waals surface area contributed by atoms with Gasteiger partial charge in [-0.3, -0.25) is 0 Å². The van der Waals surface area contributed by atoms with Gasteiger partial charge < -0.3 is 14.8 Å². The molecule has 0 saturated heterocycles. The molecule has 0 aliphatic carbocycles. The molecule has 2 heterocycles. The number of hydrogen-bond donors (Lipinski definition) is 2. The van der Waals surface area contributed by atoms with Gasteiger partial charge in [0.1, 0.15) is 0 Å². The first-order valence-corrected chi connectivity index (χ1v) is 5.83. The third-order valence-corrected chi connectivity index (χ3v) is 3.14. The Labute approximate surface area is 108 Å². The molecular formula is C14H12N2O3. The summed E-state index contributed by atoms with van der Waals surface area (Å²) in [4.78, 5) is 18.5. The van der Waals surface area contributed by atoms with Gasteiger partial charge in [0.15, 0.2) is 5.69 Å². The van der Waals surface area contributed by atoms with Crippen molar-refractivity contribution in [2.45, 2.75) is 6.61 Å². The highest BCUT2D eigenvalue weighted by atomic mass is 16.5. The number of carboxylic acids is 1. The van der Waals surface area contributed by atoms with E-state index in [0.29, 0.717) is 5.56 Å². The number of nitrogens with one attached hydrogen (secondary N) is 1. The monoisotopic (exact) mass is 256 g/mol. The number of ether oxygens (including phenoxy) is 1. The highest BCUT2D eigenvalue weighted by Crippen LogP contribution is 2.29. The summed E-state index contributed by atoms with van der Waals surface area (Å²) in [6, 6.07) is 7.76. The van der Waals surface area contributed by atoms with Crippen molar-refractivity contribution in [3.63, 3.8) is 0 Å². The van der Waals surface area contributed by atoms with E-state index in [1.165, 1.54) is 0 Å². The van der Waals surface area contributed by atoms with Crippen LogP contribution in [0.4, 0.5) is 0 Å². The number of hydrogen-bond acceptors (Lipinski definition) is 3. The van der Waals surface area contributed by atoms with Crippen LogP contribution in [0.1, 0.15) is 16.1 Å². The Morgan fingerprint density at radius 3 is 2.89 bits per heavy atom. The number of aromatic amines is 1. The lowest BCUT2D eigenvalue weighted by atomic mass is 10.1. The van der Waals surface area contributed by atoms with Crippen LogP contribution in [0.25, 0.3) is 21.8 Å². The number of H-pyrrole nitrogens is 1. The topological polar surface area (TPSA) is 75.2 Å². The number of para-hydroxylation sites is 1. The van der Waals surface area contributed by atoms with Crippen molar-refractivity contribution in [3.05, 3.63) is 41.7 Å². The van der Waals surface area contributed by atoms with Crippen LogP contribution in [-0.2, 0) is 11.3 Å². The van der Waals surface area contributed by atoms with E-state index in [0.717, 1.165) is 21.8 Å². The van der Waals surface area contributed by atoms with E-state index in [1.54, 1.807) is 13.3 Å². The first kappa shape index (κ1) is 11.7. The number of rotatable bonds is 3. The summed E-state index contributed by atoms with van der Waals surface area (Å²) in [5.41, 5.74) is 2.42. The van der Waals surface area contributed by atoms with Crippen molar-refractivity contribution in [3.8, 4) is 0 Å². The standard InChI is InChI=1S/C14H12N2O3/c1-19-7-9-12-8-4-2-3-5-10(8)16-11(12)6-15-13(9)14(17)18/h2-6,16H,7H2,1H3,(H,17,18). The van der Waals surface area contributed by atoms with Crippen molar-refractivity contribution in [2.75, 3.05) is 7.11 Å². The molecule has 0 radical (unpaired) electrons. The lowest BCUT2D eigenvalue weighted by molar-refractivity contribution is 0.0685. The maximum atomic E-state index is 11.3. The maximum absolute atomic E-state index is 11.3. The van der Waals surface area contributed by atoms with Gasteiger partial charge in [0.2, 0.25) is 0 Å². The lowest BCUT2D eigenvalue weighted by Gasteiger charge is -2.06. The Morgan fingerprint density at radius 1 is 1.37 bits per heavy atom. The van der Waals surface area contributed by atoms with Gasteiger partial charge in [0.05, 0.1) is 18.3 Å². The summed E-state index contributed by atoms with van der Waals surface area (Å²) in [7, 11) is 1.54. The maximum Gasteiger partial charge on any atom is 0.354 e. The molecule has 0 atom stereocenters. The van der Waals surface area contributed by atoms with Crippen LogP contribution in [0.15, 0.2) is 30.5 Å². The fourth-order valence-corrected chi connectivity index (χ4v) is 2.38. The number of carbonyl (C=O) groups is 1. The first-order chi connectivity index (χ1) is 9.22. The minimum Gasteiger partial charge on any atom is -0.477 e. The first-order valence-electron chi connectivity index (χ1n) is 5.83. The third-order valence-electron chi connectivity index (χ3n) is 3.14. The van der Waals surface area contributed by atoms with Crippen molar-refractivity contribution in [1.82, 2.24) is 9.97 Å². The molecule has 5 nitrogen and oxygen atoms in total. The summed E-state index contributed by atoms with van der Waals surface area (Å²) < 4.78 is 5.13. The van der Waals surface area contributed by atoms with Crippen LogP contribution in [0.5, 0.6) is 0 Å². The van der Waals surface area contributed by atoms with Gasteiger partial charge in [-0.15, -0.1) is 0 Å². The molecule has 0 spiro atoms. The second-order valence-corrected chi connectivity index (χ2v) is 4.28. The molecule has 0 aliphatic heterocycles. The van der Waals surface area contributed by atoms with Crippen molar-refractivity contribution >= 4 is 27.8 Å². The third kappa shape index (κ3) is 1.75. The van der Waals surface area contributed by atoms with Crippen molar-refractivity contribution in [1.29, 1.82) is 0 Å². The smallest absolute Gasteiger partial charge is 0.354 e. The molecular weight excluding hydrogens is 244 g/mol. The molecule has 96 valence electrons. The van der Waals surface area contributed by atoms with E-state index in [2.05, 4.69) is 9.97 Å². The average Bonchev–Trinajstić information content (AvgIpc) is 2.77. The van der Waals surface area contributed by atoms with Gasteiger partial charge in [-0.2, -0.15) is 0 Å². The van der Waals surface area contributed by atoms with Crippen LogP contribution in [0.3, 0.4) is 0 Å². The van der Waals surface area contributed by atoms with Crippen LogP contribution < -0.4 is 0 Å². The van der Waals surface area contributed by atoms with E-state index in [4.69, 9.17) is 4.74 Å². The fourth-order valence-electron chi connectivity index (χ4n) is 2.38. The normalized spacial score (nSPS) is 11.2. The minimum absolute atomic E-state index is 0.0408. The summed E-state index contributed by atoms with van der Waals surface area (Å²) in [5, 5.41) is 11.1. The van der Waals surface area contributed by atoms with Gasteiger partial charge >= 0.3 is 5.97 Å². The molecule has 5 heteroatoms. The van der Waals surface area contributed by atoms with Crippen molar-refractivity contribution < 1.29 is 14.6 Å². The zero-order chi connectivity index (χ0) is 13.4. The van der Waals surface area contributed by atoms with E-state index < -0.39 is 5.97 Å². The number of aromatic carboxylic acids is 1. The minimum atomic E-state index is -1.04. The second kappa shape index (κ2) is 4.37. The fraction of sp³-hybridized carbons (Fsp3) is 0.143. The zero-order valence-electron chi connectivity index (χ0n) is 10.3. The predicted octanol–water partition coefficient (Wildman–Crippen LogP) is 2.56. The number of aromatic nitrogens is 2. The predicted molar refractivity (Wildman–Crippen MR) is 71.3 cm³/mol. The molecule has 0 saturated carbocycles. The summed E-state index contributed by atoms with van der Waals surface area (Å²) in [6.45, 7) is 0.216. The zero-order valence-corrected chi connectivity index (χ0v) is 10.3. The van der Waals surface area contributed by atoms with Gasteiger partial charge in [-0.25, -0.2) is 9.78 Å². The van der Waals surface area contributed by atoms with Crippen LogP contribution >= 0.6 is 0 Å². The Kier molecular flexibility index (Phi) is 2.68. The number of carboxylic acid groups (broad SMARTS) is 1. The number of fused-ring (bicyclic) bond motifs is 3. The molecule has 0 fully saturated rings. The van der Waals surface area contributed by atoms with E-state index in [-0.39, 0.29) is 12.3 Å². The highest BCUT2D eigenvalue weighted by Gasteiger charge is 2.18. The largest absolute Gasteiger partial charge is 0.477 e. The summed E-state index contributed by atoms with van der Waals surface area (Å²) >= 11 is 0. The molecule has 0 aliphatic rings. The van der Waals surface area contributed by atoms with Crippen molar-refractivity contribution in [2.24, 2.45) is 0 Å². The number of nitrogens with zero attached hydrogens (tertiary/aromatic N) is 1. The Bertz CT molecular complexity index is 777. The average molecular weight is 256 g/mol. The quantitative estimate of drug-likeness (QED) is 0.755. The van der Waals surface area contributed by atoms with Crippen LogP contribution in [0, 0.1) is 0 Å². The summed E-state index contributed by atoms with van der Waals surface area (Å²) in [6.07, 6.45) is 1.55. The molecule has 2 aromatic heterocycles. The van der Waals surface area contributed by atoms with Gasteiger partial charge in [0, 0.05) is 29.0 Å². The number of pyridine rings is 1. The van der Waals surface area contributed by atoms with Gasteiger partial charge in [-0.1, -0.05) is 18.2 Å². The molecule has 0 amide bonds.